The lowest BCUT2D eigenvalue weighted by molar-refractivity contribution is -0.149. The van der Waals surface area contributed by atoms with Crippen LogP contribution in [0.25, 0.3) is 0 Å². The monoisotopic (exact) mass is 375 g/mol. The average molecular weight is 376 g/mol. The fourth-order valence-corrected chi connectivity index (χ4v) is 4.48. The molecule has 6 heteroatoms. The molecular weight excluding hydrogens is 342 g/mol. The molecule has 0 radical (unpaired) electrons. The molecule has 0 unspecified atom stereocenters. The van der Waals surface area contributed by atoms with E-state index < -0.39 is 0 Å². The topological polar surface area (TPSA) is 63.6 Å². The van der Waals surface area contributed by atoms with Crippen molar-refractivity contribution < 1.29 is 14.3 Å². The largest absolute Gasteiger partial charge is 0.466 e. The predicted octanol–water partition coefficient (Wildman–Crippen LogP) is 3.72. The second-order valence-corrected chi connectivity index (χ2v) is 7.78. The number of ether oxygens (including phenoxy) is 1. The first-order valence-corrected chi connectivity index (χ1v) is 10.5. The first-order valence-electron chi connectivity index (χ1n) is 10.5. The lowest BCUT2D eigenvalue weighted by atomic mass is 9.82. The van der Waals surface area contributed by atoms with Gasteiger partial charge in [-0.3, -0.25) is 4.79 Å². The van der Waals surface area contributed by atoms with Crippen molar-refractivity contribution in [3.63, 3.8) is 0 Å². The van der Waals surface area contributed by atoms with Crippen LogP contribution in [-0.2, 0) is 16.1 Å². The maximum atomic E-state index is 12.8. The molecule has 150 valence electrons. The minimum Gasteiger partial charge on any atom is -0.466 e. The Hall–Kier alpha value is -1.98. The fraction of sp³-hybridized carbons (Fsp3) is 0.714. The minimum absolute atomic E-state index is 0.0423. The first-order chi connectivity index (χ1) is 13.1. The SMILES string of the molecule is CCC[C@H]1c2cccn2CCN1C(=O)NCC1CCC(C(=O)OCC)CC1. The number of rotatable bonds is 6. The van der Waals surface area contributed by atoms with Gasteiger partial charge in [-0.15, -0.1) is 0 Å². The van der Waals surface area contributed by atoms with E-state index >= 15 is 0 Å². The van der Waals surface area contributed by atoms with Crippen LogP contribution in [0.5, 0.6) is 0 Å². The molecule has 1 aromatic rings. The first kappa shape index (κ1) is 19.8. The second-order valence-electron chi connectivity index (χ2n) is 7.78. The Morgan fingerprint density at radius 3 is 2.67 bits per heavy atom. The van der Waals surface area contributed by atoms with Gasteiger partial charge in [0, 0.05) is 31.5 Å². The van der Waals surface area contributed by atoms with Crippen molar-refractivity contribution in [1.29, 1.82) is 0 Å². The van der Waals surface area contributed by atoms with Crippen LogP contribution in [0.2, 0.25) is 0 Å². The molecule has 6 nitrogen and oxygen atoms in total. The Kier molecular flexibility index (Phi) is 6.80. The Labute approximate surface area is 162 Å². The molecule has 1 fully saturated rings. The zero-order chi connectivity index (χ0) is 19.2. The highest BCUT2D eigenvalue weighted by molar-refractivity contribution is 5.75. The molecule has 0 saturated heterocycles. The highest BCUT2D eigenvalue weighted by Gasteiger charge is 2.31. The third kappa shape index (κ3) is 4.66. The van der Waals surface area contributed by atoms with E-state index in [2.05, 4.69) is 35.1 Å². The molecule has 2 aliphatic rings. The van der Waals surface area contributed by atoms with E-state index in [9.17, 15) is 9.59 Å². The third-order valence-corrected chi connectivity index (χ3v) is 6.00. The molecule has 2 heterocycles. The zero-order valence-electron chi connectivity index (χ0n) is 16.7. The number of carbonyl (C=O) groups excluding carboxylic acids is 2. The summed E-state index contributed by atoms with van der Waals surface area (Å²) in [5.74, 6) is 0.442. The molecule has 1 atom stereocenters. The van der Waals surface area contributed by atoms with Gasteiger partial charge in [-0.25, -0.2) is 4.79 Å². The van der Waals surface area contributed by atoms with Crippen LogP contribution in [0.4, 0.5) is 4.79 Å². The number of carbonyl (C=O) groups is 2. The third-order valence-electron chi connectivity index (χ3n) is 6.00. The van der Waals surface area contributed by atoms with Crippen molar-refractivity contribution in [2.75, 3.05) is 19.7 Å². The quantitative estimate of drug-likeness (QED) is 0.771. The lowest BCUT2D eigenvalue weighted by Gasteiger charge is -2.37. The second kappa shape index (κ2) is 9.29. The van der Waals surface area contributed by atoms with E-state index in [4.69, 9.17) is 4.74 Å². The molecule has 1 aliphatic heterocycles. The average Bonchev–Trinajstić information content (AvgIpc) is 3.16. The summed E-state index contributed by atoms with van der Waals surface area (Å²) in [6, 6.07) is 4.42. The van der Waals surface area contributed by atoms with E-state index in [1.54, 1.807) is 0 Å². The Balaban J connectivity index is 1.49. The normalized spacial score (nSPS) is 25.0. The number of urea groups is 1. The lowest BCUT2D eigenvalue weighted by Crippen LogP contribution is -2.48. The van der Waals surface area contributed by atoms with Gasteiger partial charge in [0.15, 0.2) is 0 Å². The van der Waals surface area contributed by atoms with Crippen LogP contribution in [-0.4, -0.2) is 41.2 Å². The van der Waals surface area contributed by atoms with Crippen molar-refractivity contribution in [1.82, 2.24) is 14.8 Å². The predicted molar refractivity (Wildman–Crippen MR) is 104 cm³/mol. The van der Waals surface area contributed by atoms with Crippen LogP contribution in [0.3, 0.4) is 0 Å². The minimum atomic E-state index is -0.0567. The number of hydrogen-bond donors (Lipinski definition) is 1. The van der Waals surface area contributed by atoms with Crippen LogP contribution >= 0.6 is 0 Å². The summed E-state index contributed by atoms with van der Waals surface area (Å²) in [6.45, 7) is 6.79. The van der Waals surface area contributed by atoms with E-state index in [-0.39, 0.29) is 24.0 Å². The smallest absolute Gasteiger partial charge is 0.318 e. The number of amides is 2. The van der Waals surface area contributed by atoms with Crippen LogP contribution in [0.15, 0.2) is 18.3 Å². The number of esters is 1. The molecule has 3 rings (SSSR count). The Morgan fingerprint density at radius 2 is 1.96 bits per heavy atom. The molecule has 27 heavy (non-hydrogen) atoms. The summed E-state index contributed by atoms with van der Waals surface area (Å²) in [7, 11) is 0. The van der Waals surface area contributed by atoms with Gasteiger partial charge in [-0.2, -0.15) is 0 Å². The fourth-order valence-electron chi connectivity index (χ4n) is 4.48. The molecule has 0 spiro atoms. The molecule has 1 N–H and O–H groups in total. The summed E-state index contributed by atoms with van der Waals surface area (Å²) < 4.78 is 7.40. The molecule has 0 bridgehead atoms. The Morgan fingerprint density at radius 1 is 1.19 bits per heavy atom. The van der Waals surface area contributed by atoms with Crippen molar-refractivity contribution >= 4 is 12.0 Å². The number of aromatic nitrogens is 1. The summed E-state index contributed by atoms with van der Waals surface area (Å²) in [6.07, 6.45) is 7.84. The van der Waals surface area contributed by atoms with Crippen LogP contribution in [0.1, 0.15) is 64.1 Å². The van der Waals surface area contributed by atoms with Crippen molar-refractivity contribution in [2.45, 2.75) is 65.0 Å². The number of fused-ring (bicyclic) bond motifs is 1. The molecule has 1 aliphatic carbocycles. The van der Waals surface area contributed by atoms with Gasteiger partial charge >= 0.3 is 12.0 Å². The van der Waals surface area contributed by atoms with Crippen molar-refractivity contribution in [3.05, 3.63) is 24.0 Å². The highest BCUT2D eigenvalue weighted by Crippen LogP contribution is 2.31. The van der Waals surface area contributed by atoms with E-state index in [1.807, 2.05) is 11.8 Å². The summed E-state index contributed by atoms with van der Waals surface area (Å²) in [5.41, 5.74) is 1.24. The number of nitrogens with zero attached hydrogens (tertiary/aromatic N) is 2. The highest BCUT2D eigenvalue weighted by atomic mass is 16.5. The van der Waals surface area contributed by atoms with Gasteiger partial charge in [0.25, 0.3) is 0 Å². The maximum Gasteiger partial charge on any atom is 0.318 e. The van der Waals surface area contributed by atoms with Gasteiger partial charge in [-0.1, -0.05) is 13.3 Å². The van der Waals surface area contributed by atoms with Crippen molar-refractivity contribution in [2.24, 2.45) is 11.8 Å². The van der Waals surface area contributed by atoms with Gasteiger partial charge in [0.2, 0.25) is 0 Å². The molecule has 2 amide bonds. The van der Waals surface area contributed by atoms with Gasteiger partial charge < -0.3 is 19.5 Å². The van der Waals surface area contributed by atoms with Gasteiger partial charge in [-0.05, 0) is 57.1 Å². The van der Waals surface area contributed by atoms with Crippen LogP contribution in [0, 0.1) is 11.8 Å². The summed E-state index contributed by atoms with van der Waals surface area (Å²) in [5, 5.41) is 3.16. The zero-order valence-corrected chi connectivity index (χ0v) is 16.7. The Bertz CT molecular complexity index is 634. The van der Waals surface area contributed by atoms with Gasteiger partial charge in [0.1, 0.15) is 0 Å². The van der Waals surface area contributed by atoms with Crippen molar-refractivity contribution in [3.8, 4) is 0 Å². The number of nitrogens with one attached hydrogen (secondary N) is 1. The summed E-state index contributed by atoms with van der Waals surface area (Å²) in [4.78, 5) is 26.7. The van der Waals surface area contributed by atoms with E-state index in [1.165, 1.54) is 5.69 Å². The summed E-state index contributed by atoms with van der Waals surface area (Å²) >= 11 is 0. The number of hydrogen-bond acceptors (Lipinski definition) is 3. The van der Waals surface area contributed by atoms with E-state index in [0.717, 1.165) is 51.6 Å². The van der Waals surface area contributed by atoms with Crippen LogP contribution < -0.4 is 5.32 Å². The molecule has 1 saturated carbocycles. The molecule has 1 aromatic heterocycles. The molecular formula is C21H33N3O3. The standard InChI is InChI=1S/C21H33N3O3/c1-3-6-19-18-7-5-12-23(18)13-14-24(19)21(26)22-15-16-8-10-17(11-9-16)20(25)27-4-2/h5,7,12,16-17,19H,3-4,6,8-11,13-15H2,1-2H3,(H,22,26)/t16?,17?,19-/m0/s1. The van der Waals surface area contributed by atoms with Gasteiger partial charge in [0.05, 0.1) is 18.6 Å². The van der Waals surface area contributed by atoms with E-state index in [0.29, 0.717) is 19.1 Å². The molecule has 0 aromatic carbocycles. The maximum absolute atomic E-state index is 12.8.